The molecule has 15 rings (SSSR count). The van der Waals surface area contributed by atoms with Crippen molar-refractivity contribution in [2.75, 3.05) is 63.6 Å². The van der Waals surface area contributed by atoms with Crippen molar-refractivity contribution in [2.45, 2.75) is 113 Å². The molecule has 12 heterocycles. The number of aryl methyl sites for hydroxylation is 3. The molecular formula is C61H62Br2ClN15O8S3. The van der Waals surface area contributed by atoms with Crippen LogP contribution in [0.4, 0.5) is 17.5 Å². The normalized spacial score (nSPS) is 17.4. The van der Waals surface area contributed by atoms with E-state index in [0.717, 1.165) is 166 Å². The van der Waals surface area contributed by atoms with Crippen LogP contribution in [0.1, 0.15) is 51.4 Å². The number of benzene rings is 3. The highest BCUT2D eigenvalue weighted by Crippen LogP contribution is 2.46. The summed E-state index contributed by atoms with van der Waals surface area (Å²) in [4.78, 5) is 56.5. The number of aliphatic hydroxyl groups is 1. The van der Waals surface area contributed by atoms with Crippen LogP contribution in [0, 0.1) is 5.92 Å². The topological polar surface area (TPSA) is 293 Å². The molecule has 8 N–H and O–H groups in total. The molecule has 0 aliphatic carbocycles. The maximum atomic E-state index is 11.8. The molecule has 3 saturated heterocycles. The minimum Gasteiger partial charge on any atom is -0.464 e. The van der Waals surface area contributed by atoms with E-state index in [4.69, 9.17) is 72.2 Å². The molecule has 2 amide bonds. The maximum absolute atomic E-state index is 11.8. The van der Waals surface area contributed by atoms with E-state index in [2.05, 4.69) is 65.8 Å². The Labute approximate surface area is 550 Å². The highest BCUT2D eigenvalue weighted by Gasteiger charge is 2.29. The van der Waals surface area contributed by atoms with E-state index in [9.17, 15) is 9.59 Å². The largest absolute Gasteiger partial charge is 0.464 e. The minimum absolute atomic E-state index is 0.210. The molecule has 5 aliphatic heterocycles. The number of nitrogens with zero attached hydrogens (tertiary/aromatic N) is 11. The first kappa shape index (κ1) is 61.7. The number of hydrogen-bond acceptors (Lipinski definition) is 21. The number of anilines is 3. The summed E-state index contributed by atoms with van der Waals surface area (Å²) in [5.74, 6) is 4.36. The first-order chi connectivity index (χ1) is 43.9. The third kappa shape index (κ3) is 13.2. The van der Waals surface area contributed by atoms with Crippen molar-refractivity contribution in [3.8, 4) is 23.0 Å². The fraction of sp³-hybridized carbons (Fsp3) is 0.344. The minimum atomic E-state index is -0.438. The lowest BCUT2D eigenvalue weighted by Crippen LogP contribution is -2.31. The van der Waals surface area contributed by atoms with E-state index in [0.29, 0.717) is 65.1 Å². The zero-order valence-corrected chi connectivity index (χ0v) is 54.8. The maximum Gasteiger partial charge on any atom is 0.248 e. The predicted molar refractivity (Wildman–Crippen MR) is 352 cm³/mol. The summed E-state index contributed by atoms with van der Waals surface area (Å²) in [7, 11) is 0. The average molecular weight is 1420 g/mol. The number of hydrogen-bond donors (Lipinski definition) is 5. The molecule has 3 atom stereocenters. The molecule has 3 aromatic carbocycles. The molecule has 468 valence electrons. The van der Waals surface area contributed by atoms with Crippen molar-refractivity contribution in [1.29, 1.82) is 0 Å². The van der Waals surface area contributed by atoms with E-state index in [1.165, 1.54) is 36.4 Å². The van der Waals surface area contributed by atoms with Gasteiger partial charge in [0.05, 0.1) is 27.8 Å². The number of halogens is 3. The van der Waals surface area contributed by atoms with Gasteiger partial charge < -0.3 is 74.5 Å². The van der Waals surface area contributed by atoms with Crippen LogP contribution >= 0.6 is 78.7 Å². The first-order valence-electron chi connectivity index (χ1n) is 29.4. The standard InChI is InChI=1S/C22H22ClN5O3S.C20H20BrN5O3S.C19H20BrN5O2S/c23-15-9-14-4-8-31-17(14)10-18(15)32-22-26-20-16(1-5-25-21(20)24)28(22)7-3-13-2-6-27(11-13)19(30)12-29;21-13-8-15-16(29-11-28-15)9-17(13)30-20-24-18-14(3-5-23-19(18)22)26(20)7-4-12-2-1-6-25(12)10-27;20-12-8-14-15(27-10-26-14)9-16(12)28-19-24-17-13(3-6-23-18(17)21)25(19)7-4-11-2-1-5-22-11/h1,4-5,8-10,13,29H,2-3,6-7,11-12H2,(H2,24,25);3,5,8-10,12H,1-2,4,6-7,11H2,(H2,22,23);3,6,8-9,11,22H,1-2,4-5,7,10H2,(H2,21,23). The van der Waals surface area contributed by atoms with Crippen LogP contribution in [-0.2, 0) is 29.2 Å². The number of imidazole rings is 3. The van der Waals surface area contributed by atoms with Crippen LogP contribution < -0.4 is 41.5 Å². The molecule has 29 heteroatoms. The van der Waals surface area contributed by atoms with Crippen molar-refractivity contribution >= 4 is 153 Å². The van der Waals surface area contributed by atoms with Gasteiger partial charge in [0.15, 0.2) is 55.9 Å². The summed E-state index contributed by atoms with van der Waals surface area (Å²) in [5, 5.41) is 16.7. The number of aromatic nitrogens is 9. The van der Waals surface area contributed by atoms with Gasteiger partial charge in [-0.1, -0.05) is 35.1 Å². The highest BCUT2D eigenvalue weighted by molar-refractivity contribution is 9.10. The van der Waals surface area contributed by atoms with Crippen molar-refractivity contribution in [1.82, 2.24) is 58.7 Å². The molecule has 10 aromatic rings. The second-order valence-electron chi connectivity index (χ2n) is 22.1. The van der Waals surface area contributed by atoms with Crippen molar-refractivity contribution in [2.24, 2.45) is 5.92 Å². The van der Waals surface area contributed by atoms with Gasteiger partial charge in [0, 0.05) is 99.0 Å². The molecular weight excluding hydrogens is 1360 g/mol. The van der Waals surface area contributed by atoms with Gasteiger partial charge >= 0.3 is 0 Å². The fourth-order valence-corrected chi connectivity index (χ4v) is 16.2. The summed E-state index contributed by atoms with van der Waals surface area (Å²) in [6, 6.07) is 20.1. The van der Waals surface area contributed by atoms with Crippen molar-refractivity contribution in [3.63, 3.8) is 0 Å². The Bertz CT molecular complexity index is 4320. The number of carbonyl (C=O) groups is 2. The van der Waals surface area contributed by atoms with Gasteiger partial charge in [0.25, 0.3) is 0 Å². The molecule has 3 fully saturated rings. The van der Waals surface area contributed by atoms with Gasteiger partial charge in [0.2, 0.25) is 25.9 Å². The van der Waals surface area contributed by atoms with E-state index >= 15 is 0 Å². The van der Waals surface area contributed by atoms with E-state index in [1.54, 1.807) is 41.5 Å². The number of fused-ring (bicyclic) bond motifs is 6. The van der Waals surface area contributed by atoms with Crippen LogP contribution in [0.3, 0.4) is 0 Å². The van der Waals surface area contributed by atoms with Gasteiger partial charge in [0.1, 0.15) is 28.7 Å². The lowest BCUT2D eigenvalue weighted by atomic mass is 10.1. The number of nitrogens with one attached hydrogen (secondary N) is 1. The number of likely N-dealkylation sites (tertiary alicyclic amines) is 2. The number of nitrogen functional groups attached to an aromatic ring is 3. The first-order valence-corrected chi connectivity index (χ1v) is 33.8. The zero-order valence-electron chi connectivity index (χ0n) is 48.4. The van der Waals surface area contributed by atoms with Crippen LogP contribution in [0.15, 0.2) is 129 Å². The highest BCUT2D eigenvalue weighted by atomic mass is 79.9. The smallest absolute Gasteiger partial charge is 0.248 e. The Morgan fingerprint density at radius 3 is 1.73 bits per heavy atom. The van der Waals surface area contributed by atoms with E-state index in [-0.39, 0.29) is 25.5 Å². The number of rotatable bonds is 17. The quantitative estimate of drug-likeness (QED) is 0.0529. The fourth-order valence-electron chi connectivity index (χ4n) is 11.9. The van der Waals surface area contributed by atoms with Crippen LogP contribution in [-0.4, -0.2) is 129 Å². The lowest BCUT2D eigenvalue weighted by molar-refractivity contribution is -0.133. The van der Waals surface area contributed by atoms with Gasteiger partial charge in [-0.05, 0) is 168 Å². The third-order valence-electron chi connectivity index (χ3n) is 16.6. The second kappa shape index (κ2) is 27.3. The number of nitrogens with two attached hydrogens (primary N) is 3. The Balaban J connectivity index is 0.000000124. The predicted octanol–water partition coefficient (Wildman–Crippen LogP) is 11.3. The number of pyridine rings is 3. The average Bonchev–Trinajstić information content (AvgIpc) is 1.75. The Morgan fingerprint density at radius 2 is 1.20 bits per heavy atom. The molecule has 3 unspecified atom stereocenters. The summed E-state index contributed by atoms with van der Waals surface area (Å²) in [5.41, 5.74) is 24.0. The van der Waals surface area contributed by atoms with E-state index < -0.39 is 6.61 Å². The van der Waals surface area contributed by atoms with Gasteiger partial charge in [-0.15, -0.1) is 0 Å². The van der Waals surface area contributed by atoms with Crippen molar-refractivity contribution < 1.29 is 38.1 Å². The third-order valence-corrected chi connectivity index (χ3v) is 22.0. The van der Waals surface area contributed by atoms with Gasteiger partial charge in [-0.25, -0.2) is 29.9 Å². The number of furan rings is 1. The molecule has 0 saturated carbocycles. The summed E-state index contributed by atoms with van der Waals surface area (Å²) >= 11 is 18.4. The van der Waals surface area contributed by atoms with Crippen LogP contribution in [0.2, 0.25) is 5.02 Å². The van der Waals surface area contributed by atoms with Crippen LogP contribution in [0.5, 0.6) is 23.0 Å². The van der Waals surface area contributed by atoms with Crippen molar-refractivity contribution in [3.05, 3.63) is 99.5 Å². The molecule has 0 spiro atoms. The van der Waals surface area contributed by atoms with E-state index in [1.807, 2.05) is 65.6 Å². The monoisotopic (exact) mass is 1420 g/mol. The SMILES string of the molecule is Nc1nccc2c1nc(Sc1cc3c(cc1Br)OCO3)n2CCC1CCCN1.Nc1nccc2c1nc(Sc1cc3c(cc1Br)OCO3)n2CCC1CCCN1C=O.Nc1nccc2c1nc(Sc1cc3occc3cc1Cl)n2CCC1CCN(C(=O)CO)C1. The number of amides is 2. The number of ether oxygens (including phenoxy) is 4. The molecule has 0 bridgehead atoms. The molecule has 5 aliphatic rings. The van der Waals surface area contributed by atoms with Crippen LogP contribution in [0.25, 0.3) is 44.1 Å². The van der Waals surface area contributed by atoms with Gasteiger partial charge in [-0.3, -0.25) is 9.59 Å². The molecule has 0 radical (unpaired) electrons. The Morgan fingerprint density at radius 1 is 0.667 bits per heavy atom. The number of aliphatic hydroxyl groups excluding tert-OH is 1. The number of carbonyl (C=O) groups excluding carboxylic acids is 2. The second-order valence-corrected chi connectivity index (χ2v) is 27.2. The molecule has 7 aromatic heterocycles. The van der Waals surface area contributed by atoms with Gasteiger partial charge in [-0.2, -0.15) is 0 Å². The summed E-state index contributed by atoms with van der Waals surface area (Å²) in [6.07, 6.45) is 16.0. The lowest BCUT2D eigenvalue weighted by Gasteiger charge is -2.20. The molecule has 90 heavy (non-hydrogen) atoms. The summed E-state index contributed by atoms with van der Waals surface area (Å²) < 4.78 is 35.9. The Kier molecular flexibility index (Phi) is 18.7. The zero-order chi connectivity index (χ0) is 62.0. The Hall–Kier alpha value is -7.18. The molecule has 23 nitrogen and oxygen atoms in total. The summed E-state index contributed by atoms with van der Waals surface area (Å²) in [6.45, 7) is 5.67.